The number of halogens is 1. The summed E-state index contributed by atoms with van der Waals surface area (Å²) < 4.78 is 26.1. The summed E-state index contributed by atoms with van der Waals surface area (Å²) in [6, 6.07) is 11.9. The third-order valence-corrected chi connectivity index (χ3v) is 8.06. The molecule has 4 N–H and O–H groups in total. The molecule has 2 fully saturated rings. The summed E-state index contributed by atoms with van der Waals surface area (Å²) in [5.41, 5.74) is 5.86. The fourth-order valence-electron chi connectivity index (χ4n) is 6.00. The predicted molar refractivity (Wildman–Crippen MR) is 146 cm³/mol. The van der Waals surface area contributed by atoms with Gasteiger partial charge in [0.1, 0.15) is 5.75 Å². The average molecular weight is 542 g/mol. The number of hydrogen-bond acceptors (Lipinski definition) is 6. The summed E-state index contributed by atoms with van der Waals surface area (Å²) in [7, 11) is 1.29. The molecule has 212 valence electrons. The second-order valence-electron chi connectivity index (χ2n) is 10.9. The minimum atomic E-state index is -1.51. The number of carbonyl (C=O) groups excluding carboxylic acids is 2. The maximum atomic E-state index is 15.3. The number of hydrogen-bond donors (Lipinski definition) is 3. The largest absolute Gasteiger partial charge is 0.454 e. The molecule has 4 atom stereocenters. The fraction of sp³-hybridized carbons (Fsp3) is 0.533. The molecule has 0 aromatic heterocycles. The van der Waals surface area contributed by atoms with Crippen LogP contribution in [0.2, 0.25) is 0 Å². The van der Waals surface area contributed by atoms with Crippen molar-refractivity contribution in [3.8, 4) is 11.5 Å². The molecule has 2 aliphatic rings. The van der Waals surface area contributed by atoms with Gasteiger partial charge >= 0.3 is 6.09 Å². The molecule has 1 aliphatic carbocycles. The molecule has 0 spiro atoms. The first-order valence-electron chi connectivity index (χ1n) is 13.8. The second-order valence-corrected chi connectivity index (χ2v) is 10.9. The lowest BCUT2D eigenvalue weighted by Crippen LogP contribution is -2.49. The van der Waals surface area contributed by atoms with E-state index in [0.717, 1.165) is 24.8 Å². The Morgan fingerprint density at radius 2 is 2.00 bits per heavy atom. The van der Waals surface area contributed by atoms with Crippen LogP contribution < -0.4 is 15.8 Å². The number of likely N-dealkylation sites (tertiary alicyclic amines) is 1. The SMILES string of the molecule is COC(=O)NCCCC(O)(c1cccc(F)c1Oc1cccc(C)c1)C1CCCN(C(=O)C2CCC(N)C2)C1. The van der Waals surface area contributed by atoms with E-state index >= 15 is 4.39 Å². The Bertz CT molecular complexity index is 1160. The van der Waals surface area contributed by atoms with E-state index in [9.17, 15) is 14.7 Å². The minimum absolute atomic E-state index is 0.0308. The zero-order valence-corrected chi connectivity index (χ0v) is 22.8. The number of amides is 2. The third kappa shape index (κ3) is 6.89. The van der Waals surface area contributed by atoms with Gasteiger partial charge in [0.05, 0.1) is 12.7 Å². The monoisotopic (exact) mass is 541 g/mol. The molecule has 8 nitrogen and oxygen atoms in total. The summed E-state index contributed by atoms with van der Waals surface area (Å²) in [5, 5.41) is 15.1. The van der Waals surface area contributed by atoms with Crippen LogP contribution in [0.25, 0.3) is 0 Å². The highest BCUT2D eigenvalue weighted by Gasteiger charge is 2.44. The number of alkyl carbamates (subject to hydrolysis) is 1. The Labute approximate surface area is 229 Å². The number of rotatable bonds is 9. The molecular formula is C30H40FN3O5. The van der Waals surface area contributed by atoms with Crippen LogP contribution in [0.3, 0.4) is 0 Å². The van der Waals surface area contributed by atoms with Crippen molar-refractivity contribution in [3.05, 3.63) is 59.4 Å². The number of nitrogens with one attached hydrogen (secondary N) is 1. The number of ether oxygens (including phenoxy) is 2. The van der Waals surface area contributed by atoms with Crippen molar-refractivity contribution in [3.63, 3.8) is 0 Å². The number of para-hydroxylation sites is 1. The van der Waals surface area contributed by atoms with Gasteiger partial charge in [-0.25, -0.2) is 9.18 Å². The molecule has 1 saturated carbocycles. The number of piperidine rings is 1. The lowest BCUT2D eigenvalue weighted by Gasteiger charge is -2.44. The highest BCUT2D eigenvalue weighted by Crippen LogP contribution is 2.45. The first-order chi connectivity index (χ1) is 18.7. The van der Waals surface area contributed by atoms with E-state index in [1.54, 1.807) is 18.2 Å². The molecule has 1 heterocycles. The average Bonchev–Trinajstić information content (AvgIpc) is 3.37. The van der Waals surface area contributed by atoms with Crippen molar-refractivity contribution in [1.82, 2.24) is 10.2 Å². The van der Waals surface area contributed by atoms with Crippen molar-refractivity contribution in [2.75, 3.05) is 26.7 Å². The van der Waals surface area contributed by atoms with Crippen LogP contribution in [-0.2, 0) is 15.1 Å². The third-order valence-electron chi connectivity index (χ3n) is 8.06. The van der Waals surface area contributed by atoms with Gasteiger partial charge in [-0.3, -0.25) is 4.79 Å². The van der Waals surface area contributed by atoms with Gasteiger partial charge < -0.3 is 30.5 Å². The Morgan fingerprint density at radius 3 is 2.72 bits per heavy atom. The van der Waals surface area contributed by atoms with Crippen molar-refractivity contribution < 1.29 is 28.6 Å². The maximum Gasteiger partial charge on any atom is 0.406 e. The lowest BCUT2D eigenvalue weighted by molar-refractivity contribution is -0.141. The Morgan fingerprint density at radius 1 is 1.21 bits per heavy atom. The van der Waals surface area contributed by atoms with E-state index < -0.39 is 17.5 Å². The molecule has 0 bridgehead atoms. The number of nitrogens with zero attached hydrogens (tertiary/aromatic N) is 1. The fourth-order valence-corrected chi connectivity index (χ4v) is 6.00. The first kappa shape index (κ1) is 28.8. The predicted octanol–water partition coefficient (Wildman–Crippen LogP) is 4.62. The van der Waals surface area contributed by atoms with Crippen molar-refractivity contribution in [2.45, 2.75) is 63.5 Å². The molecule has 2 amide bonds. The summed E-state index contributed by atoms with van der Waals surface area (Å²) >= 11 is 0. The lowest BCUT2D eigenvalue weighted by atomic mass is 9.73. The molecule has 4 rings (SSSR count). The van der Waals surface area contributed by atoms with Crippen molar-refractivity contribution in [2.24, 2.45) is 17.6 Å². The quantitative estimate of drug-likeness (QED) is 0.400. The molecular weight excluding hydrogens is 501 g/mol. The van der Waals surface area contributed by atoms with Gasteiger partial charge in [-0.2, -0.15) is 0 Å². The summed E-state index contributed by atoms with van der Waals surface area (Å²) in [5.74, 6) is -0.511. The van der Waals surface area contributed by atoms with E-state index in [1.165, 1.54) is 13.2 Å². The zero-order chi connectivity index (χ0) is 28.0. The van der Waals surface area contributed by atoms with Gasteiger partial charge in [0.25, 0.3) is 0 Å². The Hall–Kier alpha value is -3.17. The van der Waals surface area contributed by atoms with Gasteiger partial charge in [-0.15, -0.1) is 0 Å². The summed E-state index contributed by atoms with van der Waals surface area (Å²) in [6.07, 6.45) is 3.77. The number of methoxy groups -OCH3 is 1. The summed E-state index contributed by atoms with van der Waals surface area (Å²) in [6.45, 7) is 3.17. The van der Waals surface area contributed by atoms with Gasteiger partial charge in [0.15, 0.2) is 11.6 Å². The van der Waals surface area contributed by atoms with Crippen LogP contribution in [0.15, 0.2) is 42.5 Å². The Balaban J connectivity index is 1.64. The van der Waals surface area contributed by atoms with Gasteiger partial charge in [0.2, 0.25) is 5.91 Å². The molecule has 1 saturated heterocycles. The van der Waals surface area contributed by atoms with Crippen LogP contribution in [-0.4, -0.2) is 54.8 Å². The topological polar surface area (TPSA) is 114 Å². The van der Waals surface area contributed by atoms with Crippen molar-refractivity contribution >= 4 is 12.0 Å². The number of nitrogens with two attached hydrogens (primary N) is 1. The van der Waals surface area contributed by atoms with E-state index in [0.29, 0.717) is 43.7 Å². The second kappa shape index (κ2) is 12.8. The Kier molecular flexibility index (Phi) is 9.45. The number of benzene rings is 2. The van der Waals surface area contributed by atoms with Crippen LogP contribution >= 0.6 is 0 Å². The number of aliphatic hydroxyl groups is 1. The number of carbonyl (C=O) groups is 2. The highest BCUT2D eigenvalue weighted by molar-refractivity contribution is 5.79. The molecule has 4 unspecified atom stereocenters. The molecule has 0 radical (unpaired) electrons. The van der Waals surface area contributed by atoms with Gasteiger partial charge in [0, 0.05) is 43.1 Å². The standard InChI is InChI=1S/C30H40FN3O5/c1-20-7-3-9-24(17-20)39-27-25(10-4-11-26(27)31)30(37,14-6-15-33-29(36)38-2)22-8-5-16-34(19-22)28(35)21-12-13-23(32)18-21/h3-4,7,9-11,17,21-23,37H,5-6,8,12-16,18-19,32H2,1-2H3,(H,33,36). The smallest absolute Gasteiger partial charge is 0.406 e. The van der Waals surface area contributed by atoms with E-state index in [4.69, 9.17) is 10.5 Å². The molecule has 9 heteroatoms. The highest BCUT2D eigenvalue weighted by atomic mass is 19.1. The van der Waals surface area contributed by atoms with E-state index in [2.05, 4.69) is 10.1 Å². The van der Waals surface area contributed by atoms with Crippen LogP contribution in [0.4, 0.5) is 9.18 Å². The maximum absolute atomic E-state index is 15.3. The minimum Gasteiger partial charge on any atom is -0.454 e. The summed E-state index contributed by atoms with van der Waals surface area (Å²) in [4.78, 5) is 26.8. The molecule has 39 heavy (non-hydrogen) atoms. The van der Waals surface area contributed by atoms with Crippen LogP contribution in [0, 0.1) is 24.6 Å². The normalized spacial score (nSPS) is 22.7. The van der Waals surface area contributed by atoms with Crippen LogP contribution in [0.5, 0.6) is 11.5 Å². The number of aryl methyl sites for hydroxylation is 1. The van der Waals surface area contributed by atoms with E-state index in [1.807, 2.05) is 30.0 Å². The van der Waals surface area contributed by atoms with Crippen LogP contribution in [0.1, 0.15) is 56.1 Å². The molecule has 1 aliphatic heterocycles. The van der Waals surface area contributed by atoms with E-state index in [-0.39, 0.29) is 42.5 Å². The molecule has 2 aromatic carbocycles. The van der Waals surface area contributed by atoms with Crippen molar-refractivity contribution in [1.29, 1.82) is 0 Å². The first-order valence-corrected chi connectivity index (χ1v) is 13.8. The zero-order valence-electron chi connectivity index (χ0n) is 22.8. The van der Waals surface area contributed by atoms with Gasteiger partial charge in [-0.1, -0.05) is 24.3 Å². The molecule has 2 aromatic rings. The van der Waals surface area contributed by atoms with Gasteiger partial charge in [-0.05, 0) is 75.6 Å².